The van der Waals surface area contributed by atoms with Gasteiger partial charge in [-0.2, -0.15) is 0 Å². The zero-order valence-corrected chi connectivity index (χ0v) is 11.9. The fourth-order valence-electron chi connectivity index (χ4n) is 1.08. The molecule has 0 aliphatic rings. The van der Waals surface area contributed by atoms with Crippen molar-refractivity contribution in [2.45, 2.75) is 41.0 Å². The molecule has 2 N–H and O–H groups in total. The van der Waals surface area contributed by atoms with Gasteiger partial charge in [-0.25, -0.2) is 4.79 Å². The van der Waals surface area contributed by atoms with Gasteiger partial charge in [0.05, 0.1) is 6.61 Å². The molecule has 0 saturated heterocycles. The Labute approximate surface area is 105 Å². The van der Waals surface area contributed by atoms with Crippen LogP contribution in [0.3, 0.4) is 0 Å². The van der Waals surface area contributed by atoms with Crippen LogP contribution in [0.1, 0.15) is 41.0 Å². The lowest BCUT2D eigenvalue weighted by atomic mass is 9.93. The molecule has 17 heavy (non-hydrogen) atoms. The first-order valence-corrected chi connectivity index (χ1v) is 6.41. The fraction of sp³-hybridized carbons (Fsp3) is 0.923. The van der Waals surface area contributed by atoms with Gasteiger partial charge >= 0.3 is 6.03 Å². The Kier molecular flexibility index (Phi) is 7.96. The molecule has 0 aliphatic carbocycles. The molecule has 0 rings (SSSR count). The summed E-state index contributed by atoms with van der Waals surface area (Å²) in [5, 5.41) is 5.55. The highest BCUT2D eigenvalue weighted by molar-refractivity contribution is 5.73. The Morgan fingerprint density at radius 3 is 2.35 bits per heavy atom. The highest BCUT2D eigenvalue weighted by Crippen LogP contribution is 2.17. The fourth-order valence-corrected chi connectivity index (χ4v) is 1.08. The van der Waals surface area contributed by atoms with Crippen molar-refractivity contribution in [3.05, 3.63) is 0 Å². The smallest absolute Gasteiger partial charge is 0.314 e. The maximum Gasteiger partial charge on any atom is 0.314 e. The number of ether oxygens (including phenoxy) is 1. The molecule has 0 radical (unpaired) electrons. The lowest BCUT2D eigenvalue weighted by Crippen LogP contribution is -2.39. The van der Waals surface area contributed by atoms with Crippen LogP contribution in [0.4, 0.5) is 4.79 Å². The van der Waals surface area contributed by atoms with E-state index in [2.05, 4.69) is 45.3 Å². The van der Waals surface area contributed by atoms with Crippen molar-refractivity contribution in [3.8, 4) is 0 Å². The zero-order chi connectivity index (χ0) is 13.3. The second-order valence-electron chi connectivity index (χ2n) is 5.95. The van der Waals surface area contributed by atoms with E-state index >= 15 is 0 Å². The van der Waals surface area contributed by atoms with Crippen molar-refractivity contribution >= 4 is 6.03 Å². The standard InChI is InChI=1S/C13H28N2O2/c1-11(2)10-15-12(16)14-7-9-17-8-6-13(3,4)5/h11H,6-10H2,1-5H3,(H2,14,15,16). The summed E-state index contributed by atoms with van der Waals surface area (Å²) in [4.78, 5) is 11.3. The molecular weight excluding hydrogens is 216 g/mol. The van der Waals surface area contributed by atoms with Gasteiger partial charge in [0.25, 0.3) is 0 Å². The molecule has 102 valence electrons. The third-order valence-electron chi connectivity index (χ3n) is 2.20. The van der Waals surface area contributed by atoms with Crippen molar-refractivity contribution in [1.29, 1.82) is 0 Å². The Bertz CT molecular complexity index is 210. The minimum Gasteiger partial charge on any atom is -0.380 e. The monoisotopic (exact) mass is 244 g/mol. The summed E-state index contributed by atoms with van der Waals surface area (Å²) in [6.45, 7) is 13.3. The predicted molar refractivity (Wildman–Crippen MR) is 71.1 cm³/mol. The van der Waals surface area contributed by atoms with Gasteiger partial charge in [-0.15, -0.1) is 0 Å². The second-order valence-corrected chi connectivity index (χ2v) is 5.95. The normalized spacial score (nSPS) is 11.6. The van der Waals surface area contributed by atoms with Gasteiger partial charge in [0, 0.05) is 19.7 Å². The first-order valence-electron chi connectivity index (χ1n) is 6.41. The van der Waals surface area contributed by atoms with E-state index in [1.54, 1.807) is 0 Å². The van der Waals surface area contributed by atoms with Crippen LogP contribution >= 0.6 is 0 Å². The van der Waals surface area contributed by atoms with Gasteiger partial charge in [0.1, 0.15) is 0 Å². The molecular formula is C13H28N2O2. The molecule has 0 aromatic heterocycles. The van der Waals surface area contributed by atoms with Crippen molar-refractivity contribution in [2.75, 3.05) is 26.3 Å². The first kappa shape index (κ1) is 16.2. The molecule has 0 aromatic carbocycles. The van der Waals surface area contributed by atoms with E-state index < -0.39 is 0 Å². The van der Waals surface area contributed by atoms with Crippen LogP contribution in [0.2, 0.25) is 0 Å². The Balaban J connectivity index is 3.31. The van der Waals surface area contributed by atoms with Gasteiger partial charge in [0.2, 0.25) is 0 Å². The number of urea groups is 1. The van der Waals surface area contributed by atoms with E-state index in [0.29, 0.717) is 31.0 Å². The summed E-state index contributed by atoms with van der Waals surface area (Å²) in [5.41, 5.74) is 0.308. The SMILES string of the molecule is CC(C)CNC(=O)NCCOCCC(C)(C)C. The number of carbonyl (C=O) groups excluding carboxylic acids is 1. The quantitative estimate of drug-likeness (QED) is 0.676. The van der Waals surface area contributed by atoms with Crippen molar-refractivity contribution < 1.29 is 9.53 Å². The molecule has 0 unspecified atom stereocenters. The molecule has 0 aromatic rings. The largest absolute Gasteiger partial charge is 0.380 e. The minimum absolute atomic E-state index is 0.113. The molecule has 0 aliphatic heterocycles. The summed E-state index contributed by atoms with van der Waals surface area (Å²) < 4.78 is 5.44. The molecule has 0 heterocycles. The molecule has 4 heteroatoms. The van der Waals surface area contributed by atoms with E-state index in [0.717, 1.165) is 13.0 Å². The maximum absolute atomic E-state index is 11.3. The average Bonchev–Trinajstić information content (AvgIpc) is 2.18. The van der Waals surface area contributed by atoms with E-state index in [1.165, 1.54) is 0 Å². The molecule has 2 amide bonds. The maximum atomic E-state index is 11.3. The summed E-state index contributed by atoms with van der Waals surface area (Å²) in [6.07, 6.45) is 1.03. The van der Waals surface area contributed by atoms with Crippen LogP contribution in [0.25, 0.3) is 0 Å². The minimum atomic E-state index is -0.113. The van der Waals surface area contributed by atoms with Crippen LogP contribution < -0.4 is 10.6 Å². The van der Waals surface area contributed by atoms with Gasteiger partial charge < -0.3 is 15.4 Å². The molecule has 0 spiro atoms. The predicted octanol–water partition coefficient (Wildman–Crippen LogP) is 2.39. The number of amides is 2. The number of carbonyl (C=O) groups is 1. The topological polar surface area (TPSA) is 50.4 Å². The summed E-state index contributed by atoms with van der Waals surface area (Å²) in [7, 11) is 0. The number of nitrogens with one attached hydrogen (secondary N) is 2. The summed E-state index contributed by atoms with van der Waals surface area (Å²) in [5.74, 6) is 0.476. The third-order valence-corrected chi connectivity index (χ3v) is 2.20. The molecule has 4 nitrogen and oxygen atoms in total. The van der Waals surface area contributed by atoms with E-state index in [1.807, 2.05) is 0 Å². The molecule has 0 atom stereocenters. The Morgan fingerprint density at radius 2 is 1.82 bits per heavy atom. The first-order chi connectivity index (χ1) is 7.81. The number of hydrogen-bond donors (Lipinski definition) is 2. The van der Waals surface area contributed by atoms with Crippen LogP contribution in [0, 0.1) is 11.3 Å². The Morgan fingerprint density at radius 1 is 1.18 bits per heavy atom. The van der Waals surface area contributed by atoms with Crippen LogP contribution in [0.5, 0.6) is 0 Å². The lowest BCUT2D eigenvalue weighted by molar-refractivity contribution is 0.111. The van der Waals surface area contributed by atoms with Crippen molar-refractivity contribution in [1.82, 2.24) is 10.6 Å². The lowest BCUT2D eigenvalue weighted by Gasteiger charge is -2.17. The number of hydrogen-bond acceptors (Lipinski definition) is 2. The number of rotatable bonds is 7. The van der Waals surface area contributed by atoms with Crippen LogP contribution in [-0.4, -0.2) is 32.3 Å². The van der Waals surface area contributed by atoms with E-state index in [9.17, 15) is 4.79 Å². The van der Waals surface area contributed by atoms with E-state index in [4.69, 9.17) is 4.74 Å². The second kappa shape index (κ2) is 8.34. The summed E-state index contributed by atoms with van der Waals surface area (Å²) >= 11 is 0. The van der Waals surface area contributed by atoms with Gasteiger partial charge in [0.15, 0.2) is 0 Å². The van der Waals surface area contributed by atoms with Gasteiger partial charge in [-0.1, -0.05) is 34.6 Å². The third kappa shape index (κ3) is 13.2. The molecule has 0 saturated carbocycles. The molecule has 0 fully saturated rings. The zero-order valence-electron chi connectivity index (χ0n) is 11.9. The highest BCUT2D eigenvalue weighted by atomic mass is 16.5. The van der Waals surface area contributed by atoms with Crippen LogP contribution in [0.15, 0.2) is 0 Å². The Hall–Kier alpha value is -0.770. The van der Waals surface area contributed by atoms with E-state index in [-0.39, 0.29) is 6.03 Å². The van der Waals surface area contributed by atoms with Crippen molar-refractivity contribution in [3.63, 3.8) is 0 Å². The molecule has 0 bridgehead atoms. The van der Waals surface area contributed by atoms with Gasteiger partial charge in [-0.3, -0.25) is 0 Å². The van der Waals surface area contributed by atoms with Gasteiger partial charge in [-0.05, 0) is 17.8 Å². The average molecular weight is 244 g/mol. The van der Waals surface area contributed by atoms with Crippen molar-refractivity contribution in [2.24, 2.45) is 11.3 Å². The van der Waals surface area contributed by atoms with Crippen LogP contribution in [-0.2, 0) is 4.74 Å². The summed E-state index contributed by atoms with van der Waals surface area (Å²) in [6, 6.07) is -0.113. The highest BCUT2D eigenvalue weighted by Gasteiger charge is 2.09.